The number of hydrogen-bond acceptors (Lipinski definition) is 5. The van der Waals surface area contributed by atoms with Gasteiger partial charge in [0.25, 0.3) is 0 Å². The van der Waals surface area contributed by atoms with Crippen LogP contribution in [0.5, 0.6) is 0 Å². The maximum Gasteiger partial charge on any atom is 0.410 e. The molecule has 2 saturated heterocycles. The lowest BCUT2D eigenvalue weighted by Crippen LogP contribution is -2.40. The Bertz CT molecular complexity index is 908. The molecule has 2 heterocycles. The first-order valence-electron chi connectivity index (χ1n) is 12.0. The van der Waals surface area contributed by atoms with Crippen LogP contribution >= 0.6 is 27.5 Å². The summed E-state index contributed by atoms with van der Waals surface area (Å²) < 4.78 is 12.1. The lowest BCUT2D eigenvalue weighted by molar-refractivity contribution is -0.139. The number of rotatable bonds is 5. The quantitative estimate of drug-likeness (QED) is 0.447. The Kier molecular flexibility index (Phi) is 10.7. The standard InChI is InChI=1S/C23H30BrClN2O6.C2H6/c1-23(2,3)33-22(31)26-7-6-14(12-26)13-27-15-8-17(10-18(24)19(25)9-15)32-16(11-20(27)28)4-5-21(29)30;1-2/h9-10,14,16H,4-8,11-13H2,1-3H3,(H,29,30);1-2H3. The van der Waals surface area contributed by atoms with Gasteiger partial charge in [-0.2, -0.15) is 0 Å². The average Bonchev–Trinajstić information content (AvgIpc) is 3.18. The summed E-state index contributed by atoms with van der Waals surface area (Å²) in [7, 11) is 0. The summed E-state index contributed by atoms with van der Waals surface area (Å²) >= 11 is 9.85. The number of halogens is 2. The van der Waals surface area contributed by atoms with Crippen LogP contribution in [0.25, 0.3) is 0 Å². The van der Waals surface area contributed by atoms with Crippen molar-refractivity contribution in [1.29, 1.82) is 0 Å². The number of amides is 2. The molecule has 0 aromatic rings. The minimum absolute atomic E-state index is 0.0691. The fourth-order valence-electron chi connectivity index (χ4n) is 4.07. The van der Waals surface area contributed by atoms with Crippen molar-refractivity contribution in [2.45, 2.75) is 78.4 Å². The summed E-state index contributed by atoms with van der Waals surface area (Å²) in [5, 5.41) is 9.52. The van der Waals surface area contributed by atoms with Crippen LogP contribution in [0.1, 0.15) is 66.7 Å². The fraction of sp³-hybridized carbons (Fsp3) is 0.640. The Morgan fingerprint density at radius 2 is 1.97 bits per heavy atom. The molecule has 3 aliphatic rings. The number of likely N-dealkylation sites (tertiary alicyclic amines) is 1. The van der Waals surface area contributed by atoms with Crippen molar-refractivity contribution in [1.82, 2.24) is 9.80 Å². The normalized spacial score (nSPS) is 22.7. The Hall–Kier alpha value is -2.00. The third-order valence-corrected chi connectivity index (χ3v) is 6.79. The molecule has 0 aromatic heterocycles. The summed E-state index contributed by atoms with van der Waals surface area (Å²) in [5.74, 6) is -0.368. The van der Waals surface area contributed by atoms with Gasteiger partial charge in [0.15, 0.2) is 0 Å². The second kappa shape index (κ2) is 12.8. The Labute approximate surface area is 221 Å². The van der Waals surface area contributed by atoms with Crippen molar-refractivity contribution < 1.29 is 29.0 Å². The minimum Gasteiger partial charge on any atom is -0.494 e. The summed E-state index contributed by atoms with van der Waals surface area (Å²) in [6, 6.07) is 0. The largest absolute Gasteiger partial charge is 0.494 e. The zero-order valence-electron chi connectivity index (χ0n) is 21.1. The minimum atomic E-state index is -0.933. The number of aliphatic carboxylic acids is 1. The topological polar surface area (TPSA) is 96.4 Å². The summed E-state index contributed by atoms with van der Waals surface area (Å²) in [6.07, 6.45) is 3.98. The van der Waals surface area contributed by atoms with Gasteiger partial charge >= 0.3 is 12.1 Å². The molecule has 10 heteroatoms. The van der Waals surface area contributed by atoms with Gasteiger partial charge in [-0.1, -0.05) is 25.4 Å². The number of carboxylic acid groups (broad SMARTS) is 1. The Balaban J connectivity index is 0.00000210. The van der Waals surface area contributed by atoms with E-state index < -0.39 is 17.7 Å². The van der Waals surface area contributed by atoms with E-state index in [9.17, 15) is 14.4 Å². The first-order chi connectivity index (χ1) is 16.4. The van der Waals surface area contributed by atoms with E-state index >= 15 is 0 Å². The van der Waals surface area contributed by atoms with Crippen LogP contribution in [-0.4, -0.2) is 64.2 Å². The van der Waals surface area contributed by atoms with Gasteiger partial charge in [0, 0.05) is 42.7 Å². The van der Waals surface area contributed by atoms with Crippen molar-refractivity contribution in [2.24, 2.45) is 5.92 Å². The van der Waals surface area contributed by atoms with Crippen LogP contribution < -0.4 is 0 Å². The molecule has 1 N–H and O–H groups in total. The molecule has 0 radical (unpaired) electrons. The van der Waals surface area contributed by atoms with Gasteiger partial charge in [-0.25, -0.2) is 4.79 Å². The van der Waals surface area contributed by atoms with Crippen molar-refractivity contribution in [3.8, 4) is 0 Å². The van der Waals surface area contributed by atoms with E-state index in [0.717, 1.165) is 12.1 Å². The third kappa shape index (κ3) is 8.86. The van der Waals surface area contributed by atoms with Crippen molar-refractivity contribution in [2.75, 3.05) is 19.6 Å². The van der Waals surface area contributed by atoms with Crippen molar-refractivity contribution in [3.63, 3.8) is 0 Å². The van der Waals surface area contributed by atoms with Gasteiger partial charge in [0.05, 0.1) is 11.5 Å². The number of nitrogens with zero attached hydrogens (tertiary/aromatic N) is 2. The molecule has 0 spiro atoms. The first-order valence-corrected chi connectivity index (χ1v) is 13.2. The molecule has 2 unspecified atom stereocenters. The van der Waals surface area contributed by atoms with E-state index in [0.29, 0.717) is 41.3 Å². The molecule has 2 bridgehead atoms. The monoisotopic (exact) mass is 574 g/mol. The van der Waals surface area contributed by atoms with E-state index in [1.807, 2.05) is 34.6 Å². The zero-order valence-corrected chi connectivity index (χ0v) is 23.4. The van der Waals surface area contributed by atoms with E-state index in [1.165, 1.54) is 0 Å². The summed E-state index contributed by atoms with van der Waals surface area (Å²) in [4.78, 5) is 40.2. The number of ether oxygens (including phenoxy) is 2. The predicted molar refractivity (Wildman–Crippen MR) is 138 cm³/mol. The predicted octanol–water partition coefficient (Wildman–Crippen LogP) is 5.77. The first kappa shape index (κ1) is 29.2. The molecule has 3 rings (SSSR count). The van der Waals surface area contributed by atoms with E-state index in [-0.39, 0.29) is 37.2 Å². The third-order valence-electron chi connectivity index (χ3n) is 5.59. The van der Waals surface area contributed by atoms with Crippen LogP contribution in [0, 0.1) is 5.92 Å². The van der Waals surface area contributed by atoms with Gasteiger partial charge in [-0.05, 0) is 67.6 Å². The van der Waals surface area contributed by atoms with Gasteiger partial charge in [0.1, 0.15) is 17.5 Å². The highest BCUT2D eigenvalue weighted by Crippen LogP contribution is 2.35. The van der Waals surface area contributed by atoms with E-state index in [1.54, 1.807) is 22.0 Å². The van der Waals surface area contributed by atoms with Gasteiger partial charge in [-0.3, -0.25) is 9.59 Å². The van der Waals surface area contributed by atoms with Crippen molar-refractivity contribution >= 4 is 45.5 Å². The fourth-order valence-corrected chi connectivity index (χ4v) is 4.62. The molecule has 35 heavy (non-hydrogen) atoms. The highest BCUT2D eigenvalue weighted by atomic mass is 79.9. The van der Waals surface area contributed by atoms with Crippen LogP contribution in [0.3, 0.4) is 0 Å². The molecule has 2 atom stereocenters. The lowest BCUT2D eigenvalue weighted by Gasteiger charge is -2.33. The van der Waals surface area contributed by atoms with Crippen LogP contribution in [0.15, 0.2) is 33.1 Å². The SMILES string of the molecule is CC.CC(C)(C)OC(=O)N1CCC(CN2C(=O)CC(CCC(=O)O)OC3=CC(Br)=C(Cl)C=C2C3)C1. The van der Waals surface area contributed by atoms with Crippen LogP contribution in [0.4, 0.5) is 4.79 Å². The molecular formula is C25H36BrClN2O6. The molecule has 196 valence electrons. The molecule has 2 fully saturated rings. The molecule has 8 nitrogen and oxygen atoms in total. The molecule has 2 aliphatic heterocycles. The maximum absolute atomic E-state index is 13.3. The van der Waals surface area contributed by atoms with Crippen molar-refractivity contribution in [3.05, 3.63) is 33.1 Å². The molecule has 0 aromatic carbocycles. The second-order valence-corrected chi connectivity index (χ2v) is 10.8. The number of fused-ring (bicyclic) bond motifs is 2. The molecule has 2 amide bonds. The van der Waals surface area contributed by atoms with Crippen LogP contribution in [0.2, 0.25) is 0 Å². The van der Waals surface area contributed by atoms with E-state index in [2.05, 4.69) is 15.9 Å². The molecule has 1 aliphatic carbocycles. The van der Waals surface area contributed by atoms with Crippen LogP contribution in [-0.2, 0) is 19.1 Å². The highest BCUT2D eigenvalue weighted by Gasteiger charge is 2.35. The van der Waals surface area contributed by atoms with Gasteiger partial charge in [-0.15, -0.1) is 0 Å². The average molecular weight is 576 g/mol. The van der Waals surface area contributed by atoms with Gasteiger partial charge in [0.2, 0.25) is 5.91 Å². The summed E-state index contributed by atoms with van der Waals surface area (Å²) in [5.41, 5.74) is 0.154. The molecular weight excluding hydrogens is 540 g/mol. The zero-order chi connectivity index (χ0) is 26.3. The smallest absolute Gasteiger partial charge is 0.410 e. The number of carbonyl (C=O) groups excluding carboxylic acids is 2. The van der Waals surface area contributed by atoms with Gasteiger partial charge < -0.3 is 24.4 Å². The summed E-state index contributed by atoms with van der Waals surface area (Å²) in [6.45, 7) is 11.0. The Morgan fingerprint density at radius 3 is 2.60 bits per heavy atom. The highest BCUT2D eigenvalue weighted by molar-refractivity contribution is 9.12. The Morgan fingerprint density at radius 1 is 1.29 bits per heavy atom. The number of carbonyl (C=O) groups is 3. The van der Waals surface area contributed by atoms with E-state index in [4.69, 9.17) is 26.2 Å². The number of allylic oxidation sites excluding steroid dienone is 4. The number of carboxylic acids is 1. The molecule has 0 saturated carbocycles. The number of hydrogen-bond donors (Lipinski definition) is 1. The lowest BCUT2D eigenvalue weighted by atomic mass is 10.0. The second-order valence-electron chi connectivity index (χ2n) is 9.58. The maximum atomic E-state index is 13.3.